The molecule has 0 spiro atoms. The lowest BCUT2D eigenvalue weighted by molar-refractivity contribution is 0.767. The Morgan fingerprint density at radius 3 is 2.75 bits per heavy atom. The van der Waals surface area contributed by atoms with Crippen molar-refractivity contribution < 1.29 is 0 Å². The van der Waals surface area contributed by atoms with Gasteiger partial charge in [-0.25, -0.2) is 0 Å². The molecule has 1 aromatic heterocycles. The zero-order valence-electron chi connectivity index (χ0n) is 7.36. The van der Waals surface area contributed by atoms with Gasteiger partial charge in [0.05, 0.1) is 11.9 Å². The molecule has 0 saturated heterocycles. The van der Waals surface area contributed by atoms with E-state index in [1.807, 2.05) is 13.1 Å². The molecule has 0 amide bonds. The molecule has 64 valence electrons. The van der Waals surface area contributed by atoms with E-state index in [0.717, 1.165) is 18.9 Å². The Labute approximate surface area is 71.8 Å². The predicted molar refractivity (Wildman–Crippen MR) is 48.6 cm³/mol. The zero-order chi connectivity index (χ0) is 8.55. The van der Waals surface area contributed by atoms with Crippen LogP contribution in [-0.2, 0) is 0 Å². The molecule has 2 heterocycles. The number of nitrogens with zero attached hydrogens (tertiary/aromatic N) is 4. The van der Waals surface area contributed by atoms with Gasteiger partial charge in [0.1, 0.15) is 0 Å². The van der Waals surface area contributed by atoms with Gasteiger partial charge >= 0.3 is 0 Å². The first-order chi connectivity index (χ1) is 5.79. The third kappa shape index (κ3) is 0.995. The Hall–Kier alpha value is -1.32. The third-order valence-corrected chi connectivity index (χ3v) is 2.22. The van der Waals surface area contributed by atoms with E-state index < -0.39 is 0 Å². The van der Waals surface area contributed by atoms with Crippen molar-refractivity contribution in [1.82, 2.24) is 10.2 Å². The molecule has 1 aromatic rings. The Bertz CT molecular complexity index is 257. The van der Waals surface area contributed by atoms with Gasteiger partial charge in [-0.05, 0) is 6.07 Å². The highest BCUT2D eigenvalue weighted by Crippen LogP contribution is 2.26. The maximum atomic E-state index is 4.08. The van der Waals surface area contributed by atoms with Crippen LogP contribution in [0, 0.1) is 0 Å². The number of anilines is 2. The van der Waals surface area contributed by atoms with Crippen LogP contribution in [0.2, 0.25) is 0 Å². The second-order valence-electron chi connectivity index (χ2n) is 3.08. The topological polar surface area (TPSA) is 32.3 Å². The smallest absolute Gasteiger partial charge is 0.174 e. The van der Waals surface area contributed by atoms with Crippen LogP contribution in [0.5, 0.6) is 0 Å². The van der Waals surface area contributed by atoms with E-state index in [4.69, 9.17) is 0 Å². The molecule has 2 rings (SSSR count). The van der Waals surface area contributed by atoms with Crippen molar-refractivity contribution in [3.05, 3.63) is 12.3 Å². The van der Waals surface area contributed by atoms with Gasteiger partial charge in [0, 0.05) is 27.2 Å². The van der Waals surface area contributed by atoms with Gasteiger partial charge in [0.15, 0.2) is 5.82 Å². The largest absolute Gasteiger partial charge is 0.370 e. The first kappa shape index (κ1) is 7.34. The van der Waals surface area contributed by atoms with Crippen LogP contribution in [0.1, 0.15) is 0 Å². The van der Waals surface area contributed by atoms with Crippen LogP contribution in [-0.4, -0.2) is 37.4 Å². The Balaban J connectivity index is 2.47. The molecule has 0 bridgehead atoms. The predicted octanol–water partition coefficient (Wildman–Crippen LogP) is 0.363. The SMILES string of the molecule is CN1CCN(C)c2nnccc21. The summed E-state index contributed by atoms with van der Waals surface area (Å²) in [6.45, 7) is 2.07. The highest BCUT2D eigenvalue weighted by Gasteiger charge is 2.18. The molecule has 0 unspecified atom stereocenters. The molecule has 0 aromatic carbocycles. The van der Waals surface area contributed by atoms with Crippen LogP contribution in [0.4, 0.5) is 11.5 Å². The standard InChI is InChI=1S/C8H12N4/c1-11-5-6-12(2)8-7(11)3-4-9-10-8/h3-4H,5-6H2,1-2H3. The van der Waals surface area contributed by atoms with Crippen molar-refractivity contribution in [2.45, 2.75) is 0 Å². The van der Waals surface area contributed by atoms with Gasteiger partial charge in [-0.2, -0.15) is 5.10 Å². The van der Waals surface area contributed by atoms with Gasteiger partial charge in [-0.15, -0.1) is 5.10 Å². The van der Waals surface area contributed by atoms with E-state index in [0.29, 0.717) is 0 Å². The Morgan fingerprint density at radius 2 is 2.00 bits per heavy atom. The minimum absolute atomic E-state index is 0.978. The molecular formula is C8H12N4. The molecule has 1 aliphatic rings. The van der Waals surface area contributed by atoms with Crippen molar-refractivity contribution in [2.75, 3.05) is 37.0 Å². The third-order valence-electron chi connectivity index (χ3n) is 2.22. The van der Waals surface area contributed by atoms with Crippen molar-refractivity contribution in [1.29, 1.82) is 0 Å². The molecule has 1 aliphatic heterocycles. The normalized spacial score (nSPS) is 16.2. The average molecular weight is 164 g/mol. The molecule has 0 radical (unpaired) electrons. The summed E-state index contributed by atoms with van der Waals surface area (Å²) in [5, 5.41) is 7.95. The lowest BCUT2D eigenvalue weighted by atomic mass is 10.3. The highest BCUT2D eigenvalue weighted by atomic mass is 15.3. The van der Waals surface area contributed by atoms with Crippen molar-refractivity contribution >= 4 is 11.5 Å². The summed E-state index contributed by atoms with van der Waals surface area (Å²) in [7, 11) is 4.12. The number of hydrogen-bond donors (Lipinski definition) is 0. The summed E-state index contributed by atoms with van der Waals surface area (Å²) in [6, 6.07) is 2.00. The van der Waals surface area contributed by atoms with Crippen LogP contribution < -0.4 is 9.80 Å². The fraction of sp³-hybridized carbons (Fsp3) is 0.500. The lowest BCUT2D eigenvalue weighted by Crippen LogP contribution is -2.37. The molecule has 12 heavy (non-hydrogen) atoms. The number of likely N-dealkylation sites (N-methyl/N-ethyl adjacent to an activating group) is 2. The fourth-order valence-electron chi connectivity index (χ4n) is 1.41. The van der Waals surface area contributed by atoms with E-state index in [2.05, 4.69) is 27.0 Å². The zero-order valence-corrected chi connectivity index (χ0v) is 7.36. The second kappa shape index (κ2) is 2.62. The van der Waals surface area contributed by atoms with E-state index >= 15 is 0 Å². The Morgan fingerprint density at radius 1 is 1.25 bits per heavy atom. The van der Waals surface area contributed by atoms with Crippen LogP contribution in [0.15, 0.2) is 12.3 Å². The second-order valence-corrected chi connectivity index (χ2v) is 3.08. The van der Waals surface area contributed by atoms with E-state index in [9.17, 15) is 0 Å². The van der Waals surface area contributed by atoms with Gasteiger partial charge in [-0.3, -0.25) is 0 Å². The molecule has 4 nitrogen and oxygen atoms in total. The first-order valence-corrected chi connectivity index (χ1v) is 4.03. The van der Waals surface area contributed by atoms with Crippen molar-refractivity contribution in [2.24, 2.45) is 0 Å². The number of rotatable bonds is 0. The molecule has 0 fully saturated rings. The highest BCUT2D eigenvalue weighted by molar-refractivity contribution is 5.67. The maximum Gasteiger partial charge on any atom is 0.174 e. The molecule has 4 heteroatoms. The minimum atomic E-state index is 0.978. The average Bonchev–Trinajstić information content (AvgIpc) is 2.12. The summed E-state index contributed by atoms with van der Waals surface area (Å²) in [5.41, 5.74) is 1.17. The van der Waals surface area contributed by atoms with Gasteiger partial charge in [0.25, 0.3) is 0 Å². The Kier molecular flexibility index (Phi) is 1.60. The summed E-state index contributed by atoms with van der Waals surface area (Å²) < 4.78 is 0. The number of fused-ring (bicyclic) bond motifs is 1. The molecule has 0 N–H and O–H groups in total. The van der Waals surface area contributed by atoms with Crippen LogP contribution >= 0.6 is 0 Å². The number of hydrogen-bond acceptors (Lipinski definition) is 4. The summed E-state index contributed by atoms with van der Waals surface area (Å²) in [5.74, 6) is 0.978. The summed E-state index contributed by atoms with van der Waals surface area (Å²) in [6.07, 6.45) is 1.73. The molecule has 0 aliphatic carbocycles. The first-order valence-electron chi connectivity index (χ1n) is 4.03. The molecule has 0 saturated carbocycles. The maximum absolute atomic E-state index is 4.08. The van der Waals surface area contributed by atoms with Crippen LogP contribution in [0.25, 0.3) is 0 Å². The molecular weight excluding hydrogens is 152 g/mol. The van der Waals surface area contributed by atoms with Crippen LogP contribution in [0.3, 0.4) is 0 Å². The number of aromatic nitrogens is 2. The fourth-order valence-corrected chi connectivity index (χ4v) is 1.41. The van der Waals surface area contributed by atoms with Gasteiger partial charge < -0.3 is 9.80 Å². The summed E-state index contributed by atoms with van der Waals surface area (Å²) >= 11 is 0. The van der Waals surface area contributed by atoms with Gasteiger partial charge in [-0.1, -0.05) is 0 Å². The van der Waals surface area contributed by atoms with E-state index in [1.165, 1.54) is 5.69 Å². The summed E-state index contributed by atoms with van der Waals surface area (Å²) in [4.78, 5) is 4.33. The lowest BCUT2D eigenvalue weighted by Gasteiger charge is -2.32. The van der Waals surface area contributed by atoms with Crippen molar-refractivity contribution in [3.8, 4) is 0 Å². The van der Waals surface area contributed by atoms with Crippen molar-refractivity contribution in [3.63, 3.8) is 0 Å². The molecule has 0 atom stereocenters. The van der Waals surface area contributed by atoms with Gasteiger partial charge in [0.2, 0.25) is 0 Å². The quantitative estimate of drug-likeness (QED) is 0.554. The van der Waals surface area contributed by atoms with E-state index in [-0.39, 0.29) is 0 Å². The van der Waals surface area contributed by atoms with E-state index in [1.54, 1.807) is 6.20 Å². The monoisotopic (exact) mass is 164 g/mol. The minimum Gasteiger partial charge on any atom is -0.370 e.